The molecule has 6 heteroatoms. The van der Waals surface area contributed by atoms with E-state index in [1.807, 2.05) is 26.1 Å². The minimum Gasteiger partial charge on any atom is -0.357 e. The summed E-state index contributed by atoms with van der Waals surface area (Å²) in [7, 11) is 0. The van der Waals surface area contributed by atoms with E-state index >= 15 is 0 Å². The van der Waals surface area contributed by atoms with Crippen LogP contribution in [0.1, 0.15) is 36.2 Å². The molecule has 0 aliphatic carbocycles. The molecule has 0 radical (unpaired) electrons. The Morgan fingerprint density at radius 3 is 2.75 bits per heavy atom. The molecule has 0 bridgehead atoms. The van der Waals surface area contributed by atoms with Gasteiger partial charge in [-0.05, 0) is 31.5 Å². The molecular formula is C18H25FN4S. The van der Waals surface area contributed by atoms with Gasteiger partial charge in [-0.3, -0.25) is 0 Å². The molecule has 0 fully saturated rings. The molecule has 2 aromatic rings. The normalized spacial score (nSPS) is 12.3. The number of aryl methyl sites for hydroxylation is 1. The quantitative estimate of drug-likeness (QED) is 0.619. The van der Waals surface area contributed by atoms with Crippen molar-refractivity contribution in [2.45, 2.75) is 39.7 Å². The van der Waals surface area contributed by atoms with E-state index in [4.69, 9.17) is 0 Å². The number of hydrogen-bond acceptors (Lipinski definition) is 3. The maximum Gasteiger partial charge on any atom is 0.191 e. The average Bonchev–Trinajstić information content (AvgIpc) is 2.95. The van der Waals surface area contributed by atoms with E-state index in [-0.39, 0.29) is 11.2 Å². The molecule has 1 aromatic heterocycles. The summed E-state index contributed by atoms with van der Waals surface area (Å²) < 4.78 is 13.5. The van der Waals surface area contributed by atoms with Crippen molar-refractivity contribution in [2.75, 3.05) is 13.1 Å². The molecule has 1 aromatic carbocycles. The highest BCUT2D eigenvalue weighted by atomic mass is 32.1. The average molecular weight is 348 g/mol. The fraction of sp³-hybridized carbons (Fsp3) is 0.444. The molecule has 0 amide bonds. The van der Waals surface area contributed by atoms with Crippen molar-refractivity contribution in [3.63, 3.8) is 0 Å². The number of nitrogens with one attached hydrogen (secondary N) is 2. The Morgan fingerprint density at radius 2 is 2.12 bits per heavy atom. The van der Waals surface area contributed by atoms with Crippen LogP contribution in [0.4, 0.5) is 4.39 Å². The van der Waals surface area contributed by atoms with E-state index in [9.17, 15) is 4.39 Å². The minimum atomic E-state index is -0.209. The van der Waals surface area contributed by atoms with Crippen LogP contribution in [0.15, 0.2) is 35.5 Å². The van der Waals surface area contributed by atoms with Crippen molar-refractivity contribution in [1.29, 1.82) is 0 Å². The van der Waals surface area contributed by atoms with Crippen LogP contribution in [0.3, 0.4) is 0 Å². The molecule has 2 N–H and O–H groups in total. The van der Waals surface area contributed by atoms with E-state index in [1.165, 1.54) is 6.07 Å². The van der Waals surface area contributed by atoms with Gasteiger partial charge in [0.25, 0.3) is 0 Å². The summed E-state index contributed by atoms with van der Waals surface area (Å²) in [6, 6.07) is 6.76. The number of hydrogen-bond donors (Lipinski definition) is 2. The van der Waals surface area contributed by atoms with Gasteiger partial charge in [0.15, 0.2) is 5.96 Å². The van der Waals surface area contributed by atoms with E-state index in [0.29, 0.717) is 13.1 Å². The van der Waals surface area contributed by atoms with Crippen LogP contribution in [0, 0.1) is 12.7 Å². The zero-order chi connectivity index (χ0) is 17.6. The molecule has 2 rings (SSSR count). The third-order valence-electron chi connectivity index (χ3n) is 3.71. The predicted molar refractivity (Wildman–Crippen MR) is 99.1 cm³/mol. The summed E-state index contributed by atoms with van der Waals surface area (Å²) >= 11 is 1.65. The van der Waals surface area contributed by atoms with Crippen molar-refractivity contribution in [3.8, 4) is 0 Å². The van der Waals surface area contributed by atoms with Gasteiger partial charge in [-0.2, -0.15) is 0 Å². The molecule has 0 atom stereocenters. The number of thiazole rings is 1. The fourth-order valence-corrected chi connectivity index (χ4v) is 3.01. The monoisotopic (exact) mass is 348 g/mol. The lowest BCUT2D eigenvalue weighted by Crippen LogP contribution is -2.43. The summed E-state index contributed by atoms with van der Waals surface area (Å²) in [5.74, 6) is 0.551. The second-order valence-corrected chi connectivity index (χ2v) is 7.61. The van der Waals surface area contributed by atoms with Crippen molar-refractivity contribution < 1.29 is 4.39 Å². The summed E-state index contributed by atoms with van der Waals surface area (Å²) in [5.41, 5.74) is 0.753. The van der Waals surface area contributed by atoms with Gasteiger partial charge >= 0.3 is 0 Å². The molecule has 0 aliphatic heterocycles. The zero-order valence-corrected chi connectivity index (χ0v) is 15.5. The van der Waals surface area contributed by atoms with E-state index in [1.54, 1.807) is 23.5 Å². The minimum absolute atomic E-state index is 0.207. The predicted octanol–water partition coefficient (Wildman–Crippen LogP) is 3.62. The molecule has 0 unspecified atom stereocenters. The van der Waals surface area contributed by atoms with Crippen LogP contribution in [-0.2, 0) is 12.0 Å². The van der Waals surface area contributed by atoms with Crippen LogP contribution >= 0.6 is 11.3 Å². The summed E-state index contributed by atoms with van der Waals surface area (Å²) in [4.78, 5) is 9.98. The van der Waals surface area contributed by atoms with E-state index in [2.05, 4.69) is 34.5 Å². The highest BCUT2D eigenvalue weighted by Crippen LogP contribution is 2.22. The number of aliphatic imine (C=N–C) groups is 1. The first-order valence-electron chi connectivity index (χ1n) is 8.10. The molecule has 4 nitrogen and oxygen atoms in total. The molecular weight excluding hydrogens is 323 g/mol. The van der Waals surface area contributed by atoms with Crippen LogP contribution in [0.25, 0.3) is 0 Å². The van der Waals surface area contributed by atoms with Gasteiger partial charge in [-0.15, -0.1) is 11.3 Å². The summed E-state index contributed by atoms with van der Waals surface area (Å²) in [5, 5.41) is 7.65. The second kappa shape index (κ2) is 8.24. The Balaban J connectivity index is 2.01. The third-order valence-corrected chi connectivity index (χ3v) is 4.61. The number of aromatic nitrogens is 1. The van der Waals surface area contributed by atoms with Gasteiger partial charge in [0, 0.05) is 29.6 Å². The first kappa shape index (κ1) is 18.4. The maximum atomic E-state index is 13.5. The number of guanidine groups is 1. The highest BCUT2D eigenvalue weighted by molar-refractivity contribution is 7.11. The number of nitrogens with zero attached hydrogens (tertiary/aromatic N) is 2. The lowest BCUT2D eigenvalue weighted by atomic mass is 9.84. The summed E-state index contributed by atoms with van der Waals surface area (Å²) in [6.45, 7) is 10.2. The lowest BCUT2D eigenvalue weighted by Gasteiger charge is -2.26. The Labute approximate surface area is 147 Å². The van der Waals surface area contributed by atoms with Crippen molar-refractivity contribution in [2.24, 2.45) is 4.99 Å². The second-order valence-electron chi connectivity index (χ2n) is 6.29. The molecule has 0 aliphatic rings. The third kappa shape index (κ3) is 5.30. The van der Waals surface area contributed by atoms with Gasteiger partial charge < -0.3 is 10.6 Å². The topological polar surface area (TPSA) is 49.3 Å². The molecule has 1 heterocycles. The van der Waals surface area contributed by atoms with E-state index < -0.39 is 0 Å². The lowest BCUT2D eigenvalue weighted by molar-refractivity contribution is 0.503. The first-order chi connectivity index (χ1) is 11.4. The Hall–Kier alpha value is -1.95. The fourth-order valence-electron chi connectivity index (χ4n) is 2.29. The van der Waals surface area contributed by atoms with Crippen molar-refractivity contribution in [1.82, 2.24) is 15.6 Å². The van der Waals surface area contributed by atoms with Crippen LogP contribution in [0.5, 0.6) is 0 Å². The molecule has 130 valence electrons. The van der Waals surface area contributed by atoms with Crippen LogP contribution in [-0.4, -0.2) is 24.0 Å². The van der Waals surface area contributed by atoms with Crippen LogP contribution in [0.2, 0.25) is 0 Å². The van der Waals surface area contributed by atoms with Gasteiger partial charge in [-0.1, -0.05) is 26.0 Å². The van der Waals surface area contributed by atoms with Gasteiger partial charge in [0.1, 0.15) is 5.82 Å². The van der Waals surface area contributed by atoms with Crippen molar-refractivity contribution in [3.05, 3.63) is 51.7 Å². The van der Waals surface area contributed by atoms with Gasteiger partial charge in [0.2, 0.25) is 0 Å². The number of benzene rings is 1. The Bertz CT molecular complexity index is 694. The maximum absolute atomic E-state index is 13.5. The highest BCUT2D eigenvalue weighted by Gasteiger charge is 2.21. The van der Waals surface area contributed by atoms with Gasteiger partial charge in [-0.25, -0.2) is 14.4 Å². The van der Waals surface area contributed by atoms with Crippen molar-refractivity contribution >= 4 is 17.3 Å². The first-order valence-corrected chi connectivity index (χ1v) is 8.92. The molecule has 0 saturated heterocycles. The molecule has 0 saturated carbocycles. The van der Waals surface area contributed by atoms with Crippen LogP contribution < -0.4 is 10.6 Å². The van der Waals surface area contributed by atoms with E-state index in [0.717, 1.165) is 28.0 Å². The number of rotatable bonds is 6. The molecule has 0 spiro atoms. The molecule has 24 heavy (non-hydrogen) atoms. The SMILES string of the molecule is CCNC(=NCc1cnc(C)s1)NCC(C)(C)c1cccc(F)c1. The zero-order valence-electron chi connectivity index (χ0n) is 14.7. The Morgan fingerprint density at radius 1 is 1.33 bits per heavy atom. The largest absolute Gasteiger partial charge is 0.357 e. The smallest absolute Gasteiger partial charge is 0.191 e. The summed E-state index contributed by atoms with van der Waals surface area (Å²) in [6.07, 6.45) is 1.86. The van der Waals surface area contributed by atoms with Gasteiger partial charge in [0.05, 0.1) is 11.6 Å². The standard InChI is InChI=1S/C18H25FN4S/c1-5-20-17(22-11-16-10-21-13(2)24-16)23-12-18(3,4)14-7-6-8-15(19)9-14/h6-10H,5,11-12H2,1-4H3,(H2,20,22,23). The number of halogens is 1. The Kier molecular flexibility index (Phi) is 6.31.